The van der Waals surface area contributed by atoms with E-state index in [1.807, 2.05) is 0 Å². The first-order valence-corrected chi connectivity index (χ1v) is 5.98. The van der Waals surface area contributed by atoms with E-state index in [9.17, 15) is 4.79 Å². The Kier molecular flexibility index (Phi) is 7.91. The second-order valence-electron chi connectivity index (χ2n) is 4.63. The van der Waals surface area contributed by atoms with E-state index in [-0.39, 0.29) is 5.78 Å². The molecule has 0 fully saturated rings. The number of Topliss-reactive ketones (excluding diaryl/α,β-unsaturated/α-hetero) is 1. The third kappa shape index (κ3) is 8.35. The molecule has 0 amide bonds. The van der Waals surface area contributed by atoms with Crippen LogP contribution >= 0.6 is 0 Å². The average molecular weight is 234 g/mol. The second kappa shape index (κ2) is 8.66. The molecule has 0 aromatic carbocycles. The highest BCUT2D eigenvalue weighted by Gasteiger charge is 2.09. The Morgan fingerprint density at radius 2 is 2.06 bits per heavy atom. The van der Waals surface area contributed by atoms with Crippen LogP contribution in [0.25, 0.3) is 5.53 Å². The highest BCUT2D eigenvalue weighted by atomic mass is 16.1. The zero-order chi connectivity index (χ0) is 13.3. The molecule has 0 spiro atoms. The fourth-order valence-electron chi connectivity index (χ4n) is 1.49. The Labute approximate surface area is 104 Å². The Bertz CT molecular complexity index is 345. The maximum Gasteiger partial charge on any atom is 0.323 e. The fraction of sp³-hybridized carbons (Fsp3) is 0.571. The summed E-state index contributed by atoms with van der Waals surface area (Å²) in [6.07, 6.45) is 6.31. The maximum atomic E-state index is 11.1. The molecule has 3 heteroatoms. The van der Waals surface area contributed by atoms with E-state index in [0.717, 1.165) is 24.6 Å². The van der Waals surface area contributed by atoms with Crippen LogP contribution in [0.2, 0.25) is 0 Å². The van der Waals surface area contributed by atoms with Gasteiger partial charge in [-0.3, -0.25) is 4.79 Å². The van der Waals surface area contributed by atoms with Gasteiger partial charge in [-0.15, -0.1) is 0 Å². The van der Waals surface area contributed by atoms with Crippen LogP contribution in [0, 0.1) is 5.92 Å². The van der Waals surface area contributed by atoms with Crippen LogP contribution < -0.4 is 0 Å². The van der Waals surface area contributed by atoms with Gasteiger partial charge in [0.1, 0.15) is 0 Å². The van der Waals surface area contributed by atoms with E-state index in [0.29, 0.717) is 18.8 Å². The molecule has 0 rings (SSSR count). The van der Waals surface area contributed by atoms with Crippen molar-refractivity contribution in [3.05, 3.63) is 29.3 Å². The first kappa shape index (κ1) is 15.5. The molecule has 0 aliphatic heterocycles. The first-order chi connectivity index (χ1) is 7.97. The summed E-state index contributed by atoms with van der Waals surface area (Å²) in [6.45, 7) is 10.3. The zero-order valence-electron chi connectivity index (χ0n) is 11.1. The first-order valence-electron chi connectivity index (χ1n) is 5.98. The molecule has 0 N–H and O–H groups in total. The zero-order valence-corrected chi connectivity index (χ0v) is 11.1. The number of nitrogens with zero attached hydrogens (tertiary/aromatic N) is 2. The molecule has 0 heterocycles. The van der Waals surface area contributed by atoms with Crippen LogP contribution in [0.4, 0.5) is 0 Å². The number of allylic oxidation sites excluding steroid dienone is 3. The number of hydrogen-bond acceptors (Lipinski definition) is 1. The largest absolute Gasteiger partial charge is 0.361 e. The number of ketones is 1. The predicted octanol–water partition coefficient (Wildman–Crippen LogP) is 3.58. The second-order valence-corrected chi connectivity index (χ2v) is 4.63. The summed E-state index contributed by atoms with van der Waals surface area (Å²) >= 11 is 0. The number of carbonyl (C=O) groups excluding carboxylic acids is 1. The van der Waals surface area contributed by atoms with E-state index in [2.05, 4.69) is 38.2 Å². The van der Waals surface area contributed by atoms with Gasteiger partial charge in [-0.2, -0.15) is 4.79 Å². The monoisotopic (exact) mass is 234 g/mol. The minimum Gasteiger partial charge on any atom is -0.361 e. The Hall–Kier alpha value is -1.47. The van der Waals surface area contributed by atoms with Crippen molar-refractivity contribution in [2.24, 2.45) is 5.92 Å². The van der Waals surface area contributed by atoms with Crippen molar-refractivity contribution in [2.75, 3.05) is 0 Å². The summed E-state index contributed by atoms with van der Waals surface area (Å²) in [5.41, 5.74) is 10.6. The van der Waals surface area contributed by atoms with Crippen molar-refractivity contribution < 1.29 is 9.58 Å². The Morgan fingerprint density at radius 1 is 1.41 bits per heavy atom. The quantitative estimate of drug-likeness (QED) is 0.274. The third-order valence-corrected chi connectivity index (χ3v) is 2.74. The maximum absolute atomic E-state index is 11.1. The number of carbonyl (C=O) groups is 1. The van der Waals surface area contributed by atoms with Crippen LogP contribution in [0.3, 0.4) is 0 Å². The van der Waals surface area contributed by atoms with Crippen LogP contribution in [0.15, 0.2) is 23.8 Å². The summed E-state index contributed by atoms with van der Waals surface area (Å²) in [5.74, 6) is 0.259. The SMILES string of the molecule is C=C(CCC(=O)C=[N+]=[N-])[C@H](C)CCC=C(C)C. The molecule has 0 aliphatic carbocycles. The Balaban J connectivity index is 3.93. The lowest BCUT2D eigenvalue weighted by molar-refractivity contribution is -0.116. The van der Waals surface area contributed by atoms with Gasteiger partial charge in [0.25, 0.3) is 0 Å². The lowest BCUT2D eigenvalue weighted by Gasteiger charge is -2.12. The molecule has 0 saturated heterocycles. The van der Waals surface area contributed by atoms with Gasteiger partial charge in [-0.25, -0.2) is 0 Å². The summed E-state index contributed by atoms with van der Waals surface area (Å²) in [4.78, 5) is 13.8. The molecule has 17 heavy (non-hydrogen) atoms. The fourth-order valence-corrected chi connectivity index (χ4v) is 1.49. The highest BCUT2D eigenvalue weighted by molar-refractivity contribution is 6.25. The van der Waals surface area contributed by atoms with Crippen LogP contribution in [0.5, 0.6) is 0 Å². The molecule has 0 aliphatic rings. The lowest BCUT2D eigenvalue weighted by atomic mass is 9.93. The van der Waals surface area contributed by atoms with Crippen LogP contribution in [-0.2, 0) is 4.79 Å². The van der Waals surface area contributed by atoms with Gasteiger partial charge in [0.05, 0.1) is 0 Å². The van der Waals surface area contributed by atoms with Crippen molar-refractivity contribution >= 4 is 12.0 Å². The molecule has 94 valence electrons. The topological polar surface area (TPSA) is 53.5 Å². The molecule has 0 saturated carbocycles. The molecule has 3 nitrogen and oxygen atoms in total. The lowest BCUT2D eigenvalue weighted by Crippen LogP contribution is -2.04. The van der Waals surface area contributed by atoms with E-state index >= 15 is 0 Å². The molecule has 1 atom stereocenters. The van der Waals surface area contributed by atoms with Crippen molar-refractivity contribution in [3.8, 4) is 0 Å². The van der Waals surface area contributed by atoms with Gasteiger partial charge < -0.3 is 5.53 Å². The third-order valence-electron chi connectivity index (χ3n) is 2.74. The van der Waals surface area contributed by atoms with E-state index in [1.165, 1.54) is 5.57 Å². The van der Waals surface area contributed by atoms with Gasteiger partial charge >= 0.3 is 6.21 Å². The van der Waals surface area contributed by atoms with Crippen molar-refractivity contribution in [2.45, 2.75) is 46.5 Å². The molecular weight excluding hydrogens is 212 g/mol. The van der Waals surface area contributed by atoms with Crippen molar-refractivity contribution in [1.29, 1.82) is 0 Å². The minimum atomic E-state index is -0.162. The standard InChI is InChI=1S/C14H22N2O/c1-11(2)6-5-7-12(3)13(4)8-9-14(17)10-16-15/h6,10,12H,4-5,7-9H2,1-3H3/t12-/m1/s1. The Morgan fingerprint density at radius 3 is 2.59 bits per heavy atom. The summed E-state index contributed by atoms with van der Waals surface area (Å²) in [7, 11) is 0. The molecule has 0 radical (unpaired) electrons. The summed E-state index contributed by atoms with van der Waals surface area (Å²) in [6, 6.07) is 0. The molecular formula is C14H22N2O. The van der Waals surface area contributed by atoms with Crippen molar-refractivity contribution in [1.82, 2.24) is 0 Å². The minimum absolute atomic E-state index is 0.162. The van der Waals surface area contributed by atoms with E-state index < -0.39 is 0 Å². The van der Waals surface area contributed by atoms with Gasteiger partial charge in [-0.05, 0) is 39.0 Å². The van der Waals surface area contributed by atoms with Gasteiger partial charge in [0.15, 0.2) is 0 Å². The van der Waals surface area contributed by atoms with Crippen LogP contribution in [0.1, 0.15) is 46.5 Å². The van der Waals surface area contributed by atoms with Gasteiger partial charge in [-0.1, -0.05) is 30.7 Å². The van der Waals surface area contributed by atoms with Gasteiger partial charge in [0, 0.05) is 6.42 Å². The molecule has 0 aromatic rings. The molecule has 0 bridgehead atoms. The van der Waals surface area contributed by atoms with E-state index in [1.54, 1.807) is 0 Å². The highest BCUT2D eigenvalue weighted by Crippen LogP contribution is 2.19. The van der Waals surface area contributed by atoms with E-state index in [4.69, 9.17) is 5.53 Å². The van der Waals surface area contributed by atoms with Crippen molar-refractivity contribution in [3.63, 3.8) is 0 Å². The number of rotatable bonds is 8. The average Bonchev–Trinajstić information content (AvgIpc) is 2.25. The molecule has 0 aromatic heterocycles. The summed E-state index contributed by atoms with van der Waals surface area (Å²) in [5, 5.41) is 0. The molecule has 0 unspecified atom stereocenters. The normalized spacial score (nSPS) is 11.2. The summed E-state index contributed by atoms with van der Waals surface area (Å²) < 4.78 is 0. The smallest absolute Gasteiger partial charge is 0.323 e. The number of hydrogen-bond donors (Lipinski definition) is 0. The van der Waals surface area contributed by atoms with Crippen LogP contribution in [-0.4, -0.2) is 16.8 Å². The van der Waals surface area contributed by atoms with Gasteiger partial charge in [0.2, 0.25) is 5.78 Å². The predicted molar refractivity (Wildman–Crippen MR) is 70.9 cm³/mol.